The molecule has 3 heterocycles. The van der Waals surface area contributed by atoms with Crippen molar-refractivity contribution in [1.82, 2.24) is 9.37 Å². The zero-order valence-corrected chi connectivity index (χ0v) is 26.2. The molecule has 1 saturated heterocycles. The van der Waals surface area contributed by atoms with Crippen LogP contribution in [0.4, 0.5) is 4.79 Å². The second kappa shape index (κ2) is 9.60. The van der Waals surface area contributed by atoms with Gasteiger partial charge in [-0.15, -0.1) is 0 Å². The first kappa shape index (κ1) is 29.0. The molecule has 1 saturated carbocycles. The summed E-state index contributed by atoms with van der Waals surface area (Å²) < 4.78 is 35.5. The molecule has 228 valence electrons. The molecule has 1 amide bonds. The number of sulfonamides is 1. The number of hydrogen-bond donors (Lipinski definition) is 0. The number of benzene rings is 3. The first-order chi connectivity index (χ1) is 20.8. The Morgan fingerprint density at radius 3 is 2.14 bits per heavy atom. The predicted molar refractivity (Wildman–Crippen MR) is 163 cm³/mol. The largest absolute Gasteiger partial charge is 0.443 e. The molecule has 9 heteroatoms. The van der Waals surface area contributed by atoms with Crippen LogP contribution in [0.1, 0.15) is 50.3 Å². The highest BCUT2D eigenvalue weighted by Crippen LogP contribution is 2.71. The topological polar surface area (TPSA) is 93.2 Å². The van der Waals surface area contributed by atoms with Crippen molar-refractivity contribution in [1.29, 1.82) is 0 Å². The van der Waals surface area contributed by atoms with E-state index in [2.05, 4.69) is 0 Å². The fourth-order valence-electron chi connectivity index (χ4n) is 8.18. The van der Waals surface area contributed by atoms with Gasteiger partial charge in [0, 0.05) is 18.5 Å². The molecule has 0 N–H and O–H groups in total. The van der Waals surface area contributed by atoms with E-state index in [0.29, 0.717) is 6.42 Å². The molecule has 5 aliphatic rings. The molecule has 3 aromatic rings. The Morgan fingerprint density at radius 2 is 1.48 bits per heavy atom. The van der Waals surface area contributed by atoms with Crippen LogP contribution in [0.25, 0.3) is 0 Å². The van der Waals surface area contributed by atoms with E-state index < -0.39 is 38.1 Å². The lowest BCUT2D eigenvalue weighted by Gasteiger charge is -2.62. The Morgan fingerprint density at radius 1 is 0.864 bits per heavy atom. The average Bonchev–Trinajstić information content (AvgIpc) is 3.55. The van der Waals surface area contributed by atoms with E-state index in [-0.39, 0.29) is 36.8 Å². The lowest BCUT2D eigenvalue weighted by molar-refractivity contribution is -0.326. The minimum absolute atomic E-state index is 0.0406. The number of ether oxygens (including phenoxy) is 1. The molecule has 1 spiro atoms. The van der Waals surface area contributed by atoms with Gasteiger partial charge in [0.2, 0.25) is 10.0 Å². The third-order valence-electron chi connectivity index (χ3n) is 10.2. The van der Waals surface area contributed by atoms with E-state index in [4.69, 9.17) is 9.57 Å². The maximum absolute atomic E-state index is 14.3. The molecule has 8 nitrogen and oxygen atoms in total. The van der Waals surface area contributed by atoms with Crippen molar-refractivity contribution in [3.05, 3.63) is 113 Å². The van der Waals surface area contributed by atoms with E-state index in [0.717, 1.165) is 27.8 Å². The van der Waals surface area contributed by atoms with E-state index >= 15 is 0 Å². The number of nitrogens with zero attached hydrogens (tertiary/aromatic N) is 2. The molecule has 8 rings (SSSR count). The molecule has 2 fully saturated rings. The van der Waals surface area contributed by atoms with Crippen LogP contribution in [0.2, 0.25) is 0 Å². The number of hydrogen-bond acceptors (Lipinski definition) is 6. The summed E-state index contributed by atoms with van der Waals surface area (Å²) in [5, 5.41) is 1.32. The van der Waals surface area contributed by atoms with Gasteiger partial charge in [-0.3, -0.25) is 9.63 Å². The van der Waals surface area contributed by atoms with Crippen LogP contribution >= 0.6 is 0 Å². The number of Topliss-reactive ketones (excluding diaryl/α,β-unsaturated/α-hetero) is 1. The number of amides is 1. The Balaban J connectivity index is 1.39. The molecule has 0 unspecified atom stereocenters. The summed E-state index contributed by atoms with van der Waals surface area (Å²) in [6, 6.07) is 25.7. The normalized spacial score (nSPS) is 29.1. The van der Waals surface area contributed by atoms with E-state index in [1.165, 1.54) is 9.37 Å². The summed E-state index contributed by atoms with van der Waals surface area (Å²) in [7, 11) is -3.90. The molecule has 3 aromatic carbocycles. The van der Waals surface area contributed by atoms with Gasteiger partial charge in [-0.25, -0.2) is 13.2 Å². The smallest absolute Gasteiger partial charge is 0.435 e. The fraction of sp³-hybridized carbons (Fsp3) is 0.371. The SMILES string of the molecule is Cc1ccc(S(=O)(=O)N2CC3=C(C2)[C@]24CC(C)(C)C(=O)[C@@]2(C)C[C@]3(c2ccccc2)N(C(=O)OCc2ccccc2)O4)cc1. The molecule has 0 radical (unpaired) electrons. The maximum atomic E-state index is 14.3. The first-order valence-electron chi connectivity index (χ1n) is 15.0. The molecule has 2 bridgehead atoms. The Bertz CT molecular complexity index is 1800. The van der Waals surface area contributed by atoms with E-state index in [1.54, 1.807) is 24.3 Å². The standard InChI is InChI=1S/C35H36N2O6S/c1-24-15-17-27(18-16-24)44(40,41)36-19-28-29(20-36)35-22-32(2,3)30(38)33(35,4)23-34(28,26-13-9-6-10-14-26)37(43-35)31(39)42-21-25-11-7-5-8-12-25/h5-18H,19-23H2,1-4H3/t33-,34-,35-/m1/s1. The summed E-state index contributed by atoms with van der Waals surface area (Å²) in [5.74, 6) is 0.0500. The Hall–Kier alpha value is -3.79. The van der Waals surface area contributed by atoms with Crippen molar-refractivity contribution in [3.8, 4) is 0 Å². The van der Waals surface area contributed by atoms with Crippen molar-refractivity contribution < 1.29 is 27.6 Å². The van der Waals surface area contributed by atoms with E-state index in [1.807, 2.05) is 88.4 Å². The van der Waals surface area contributed by atoms with Crippen LogP contribution in [0.15, 0.2) is 101 Å². The van der Waals surface area contributed by atoms with Crippen LogP contribution in [0.3, 0.4) is 0 Å². The lowest BCUT2D eigenvalue weighted by Crippen LogP contribution is -2.71. The van der Waals surface area contributed by atoms with Gasteiger partial charge in [0.15, 0.2) is 0 Å². The van der Waals surface area contributed by atoms with Crippen LogP contribution < -0.4 is 0 Å². The third-order valence-corrected chi connectivity index (χ3v) is 12.0. The third kappa shape index (κ3) is 3.85. The minimum Gasteiger partial charge on any atom is -0.443 e. The second-order valence-electron chi connectivity index (χ2n) is 13.4. The summed E-state index contributed by atoms with van der Waals surface area (Å²) >= 11 is 0. The molecular weight excluding hydrogens is 576 g/mol. The van der Waals surface area contributed by atoms with Gasteiger partial charge in [0.1, 0.15) is 23.5 Å². The number of ketones is 1. The monoisotopic (exact) mass is 612 g/mol. The number of rotatable bonds is 5. The zero-order chi connectivity index (χ0) is 31.1. The Kier molecular flexibility index (Phi) is 6.32. The van der Waals surface area contributed by atoms with Gasteiger partial charge in [-0.1, -0.05) is 92.2 Å². The van der Waals surface area contributed by atoms with Crippen LogP contribution in [0.5, 0.6) is 0 Å². The summed E-state index contributed by atoms with van der Waals surface area (Å²) in [5.41, 5.74) is -0.140. The molecule has 44 heavy (non-hydrogen) atoms. The number of carbonyl (C=O) groups excluding carboxylic acids is 2. The molecule has 3 aliphatic heterocycles. The highest BCUT2D eigenvalue weighted by atomic mass is 32.2. The van der Waals surface area contributed by atoms with Crippen LogP contribution in [-0.4, -0.2) is 48.4 Å². The van der Waals surface area contributed by atoms with Gasteiger partial charge < -0.3 is 4.74 Å². The van der Waals surface area contributed by atoms with Crippen molar-refractivity contribution in [3.63, 3.8) is 0 Å². The summed E-state index contributed by atoms with van der Waals surface area (Å²) in [6.07, 6.45) is -0.105. The minimum atomic E-state index is -3.90. The second-order valence-corrected chi connectivity index (χ2v) is 15.4. The number of aryl methyl sites for hydroxylation is 1. The Labute approximate surface area is 258 Å². The summed E-state index contributed by atoms with van der Waals surface area (Å²) in [4.78, 5) is 35.5. The van der Waals surface area contributed by atoms with Crippen molar-refractivity contribution in [2.24, 2.45) is 10.8 Å². The van der Waals surface area contributed by atoms with Crippen molar-refractivity contribution >= 4 is 21.9 Å². The molecule has 2 aliphatic carbocycles. The average molecular weight is 613 g/mol. The highest BCUT2D eigenvalue weighted by molar-refractivity contribution is 7.89. The van der Waals surface area contributed by atoms with Gasteiger partial charge >= 0.3 is 6.09 Å². The van der Waals surface area contributed by atoms with Gasteiger partial charge in [0.25, 0.3) is 0 Å². The molecular formula is C35H36N2O6S. The van der Waals surface area contributed by atoms with Gasteiger partial charge in [0.05, 0.1) is 10.3 Å². The van der Waals surface area contributed by atoms with Gasteiger partial charge in [-0.05, 0) is 61.1 Å². The van der Waals surface area contributed by atoms with Crippen LogP contribution in [0, 0.1) is 17.8 Å². The summed E-state index contributed by atoms with van der Waals surface area (Å²) in [6.45, 7) is 7.84. The lowest BCUT2D eigenvalue weighted by atomic mass is 9.55. The highest BCUT2D eigenvalue weighted by Gasteiger charge is 2.79. The molecule has 3 atom stereocenters. The van der Waals surface area contributed by atoms with Crippen molar-refractivity contribution in [2.75, 3.05) is 13.1 Å². The fourth-order valence-corrected chi connectivity index (χ4v) is 9.56. The first-order valence-corrected chi connectivity index (χ1v) is 16.4. The predicted octanol–water partition coefficient (Wildman–Crippen LogP) is 5.92. The number of carbonyl (C=O) groups is 2. The zero-order valence-electron chi connectivity index (χ0n) is 25.4. The van der Waals surface area contributed by atoms with E-state index in [9.17, 15) is 18.0 Å². The maximum Gasteiger partial charge on any atom is 0.435 e. The number of hydroxylamine groups is 2. The quantitative estimate of drug-likeness (QED) is 0.332. The van der Waals surface area contributed by atoms with Crippen LogP contribution in [-0.2, 0) is 36.5 Å². The molecule has 0 aromatic heterocycles. The number of fused-ring (bicyclic) bond motifs is 1. The van der Waals surface area contributed by atoms with Gasteiger partial charge in [-0.2, -0.15) is 9.37 Å². The van der Waals surface area contributed by atoms with Crippen molar-refractivity contribution in [2.45, 2.75) is 63.2 Å².